The first-order chi connectivity index (χ1) is 11.3. The van der Waals surface area contributed by atoms with Gasteiger partial charge in [-0.3, -0.25) is 13.9 Å². The second kappa shape index (κ2) is 7.27. The first-order valence-corrected chi connectivity index (χ1v) is 9.06. The van der Waals surface area contributed by atoms with Crippen molar-refractivity contribution in [3.63, 3.8) is 0 Å². The molecule has 0 saturated carbocycles. The third-order valence-electron chi connectivity index (χ3n) is 3.31. The van der Waals surface area contributed by atoms with E-state index in [-0.39, 0.29) is 12.3 Å². The average Bonchev–Trinajstić information content (AvgIpc) is 2.53. The molecule has 126 valence electrons. The number of carbonyl (C=O) groups excluding carboxylic acids is 2. The van der Waals surface area contributed by atoms with Crippen molar-refractivity contribution < 1.29 is 18.0 Å². The molecule has 6 nitrogen and oxygen atoms in total. The van der Waals surface area contributed by atoms with Gasteiger partial charge >= 0.3 is 0 Å². The average molecular weight is 346 g/mol. The number of nitrogens with one attached hydrogen (secondary N) is 1. The van der Waals surface area contributed by atoms with Crippen molar-refractivity contribution in [1.82, 2.24) is 0 Å². The Labute approximate surface area is 141 Å². The van der Waals surface area contributed by atoms with Crippen LogP contribution in [0.1, 0.15) is 17.3 Å². The predicted octanol–water partition coefficient (Wildman–Crippen LogP) is 2.29. The maximum absolute atomic E-state index is 12.2. The molecule has 0 atom stereocenters. The third kappa shape index (κ3) is 4.66. The number of Topliss-reactive ketones (excluding diaryl/α,β-unsaturated/α-hetero) is 1. The molecule has 0 radical (unpaired) electrons. The fraction of sp³-hybridized carbons (Fsp3) is 0.176. The van der Waals surface area contributed by atoms with Crippen LogP contribution < -0.4 is 9.62 Å². The van der Waals surface area contributed by atoms with Crippen LogP contribution in [0.2, 0.25) is 0 Å². The summed E-state index contributed by atoms with van der Waals surface area (Å²) in [4.78, 5) is 23.4. The van der Waals surface area contributed by atoms with Gasteiger partial charge in [-0.25, -0.2) is 8.42 Å². The second-order valence-electron chi connectivity index (χ2n) is 5.29. The van der Waals surface area contributed by atoms with Crippen LogP contribution in [-0.4, -0.2) is 32.9 Å². The monoisotopic (exact) mass is 346 g/mol. The van der Waals surface area contributed by atoms with Crippen LogP contribution >= 0.6 is 0 Å². The summed E-state index contributed by atoms with van der Waals surface area (Å²) in [6, 6.07) is 14.8. The van der Waals surface area contributed by atoms with E-state index in [2.05, 4.69) is 5.32 Å². The molecular weight excluding hydrogens is 328 g/mol. The fourth-order valence-electron chi connectivity index (χ4n) is 2.11. The quantitative estimate of drug-likeness (QED) is 0.814. The number of anilines is 2. The number of hydrogen-bond acceptors (Lipinski definition) is 4. The normalized spacial score (nSPS) is 10.9. The van der Waals surface area contributed by atoms with Gasteiger partial charge < -0.3 is 5.32 Å². The highest BCUT2D eigenvalue weighted by Gasteiger charge is 2.20. The Morgan fingerprint density at radius 1 is 1.00 bits per heavy atom. The zero-order chi connectivity index (χ0) is 17.7. The summed E-state index contributed by atoms with van der Waals surface area (Å²) < 4.78 is 24.9. The number of ketones is 1. The molecule has 0 aliphatic heterocycles. The molecule has 0 aliphatic carbocycles. The molecule has 0 heterocycles. The molecule has 0 aromatic heterocycles. The van der Waals surface area contributed by atoms with Gasteiger partial charge in [-0.2, -0.15) is 0 Å². The first-order valence-electron chi connectivity index (χ1n) is 7.21. The van der Waals surface area contributed by atoms with Crippen molar-refractivity contribution in [2.24, 2.45) is 0 Å². The number of hydrogen-bond donors (Lipinski definition) is 1. The zero-order valence-electron chi connectivity index (χ0n) is 13.4. The molecule has 2 rings (SSSR count). The van der Waals surface area contributed by atoms with E-state index in [1.807, 2.05) is 0 Å². The molecule has 1 N–H and O–H groups in total. The summed E-state index contributed by atoms with van der Waals surface area (Å²) in [6.07, 6.45) is 1.05. The lowest BCUT2D eigenvalue weighted by Crippen LogP contribution is -2.37. The number of benzene rings is 2. The summed E-state index contributed by atoms with van der Waals surface area (Å²) in [5.41, 5.74) is 1.45. The standard InChI is InChI=1S/C17H18N2O4S/c1-13(20)14-8-10-15(11-9-14)18-17(21)12-19(24(2,22)23)16-6-4-3-5-7-16/h3-11H,12H2,1-2H3,(H,18,21). The second-order valence-corrected chi connectivity index (χ2v) is 7.19. The molecular formula is C17H18N2O4S. The lowest BCUT2D eigenvalue weighted by Gasteiger charge is -2.21. The van der Waals surface area contributed by atoms with Crippen LogP contribution in [0, 0.1) is 0 Å². The van der Waals surface area contributed by atoms with Gasteiger partial charge in [0.25, 0.3) is 0 Å². The number of rotatable bonds is 6. The summed E-state index contributed by atoms with van der Waals surface area (Å²) in [5.74, 6) is -0.542. The maximum atomic E-state index is 12.2. The van der Waals surface area contributed by atoms with Gasteiger partial charge in [-0.05, 0) is 43.3 Å². The van der Waals surface area contributed by atoms with Crippen molar-refractivity contribution in [3.8, 4) is 0 Å². The van der Waals surface area contributed by atoms with Crippen LogP contribution in [0.25, 0.3) is 0 Å². The van der Waals surface area contributed by atoms with Crippen molar-refractivity contribution >= 4 is 33.1 Å². The lowest BCUT2D eigenvalue weighted by atomic mass is 10.1. The minimum Gasteiger partial charge on any atom is -0.325 e. The number of amides is 1. The van der Waals surface area contributed by atoms with Gasteiger partial charge in [0.2, 0.25) is 15.9 Å². The fourth-order valence-corrected chi connectivity index (χ4v) is 2.97. The van der Waals surface area contributed by atoms with Crippen molar-refractivity contribution in [2.75, 3.05) is 22.4 Å². The van der Waals surface area contributed by atoms with Crippen LogP contribution in [0.4, 0.5) is 11.4 Å². The Bertz CT molecular complexity index is 831. The summed E-state index contributed by atoms with van der Waals surface area (Å²) in [6.45, 7) is 1.12. The first kappa shape index (κ1) is 17.7. The molecule has 0 bridgehead atoms. The van der Waals surface area contributed by atoms with E-state index in [1.165, 1.54) is 6.92 Å². The van der Waals surface area contributed by atoms with Crippen LogP contribution in [0.15, 0.2) is 54.6 Å². The van der Waals surface area contributed by atoms with Crippen LogP contribution in [-0.2, 0) is 14.8 Å². The molecule has 2 aromatic carbocycles. The van der Waals surface area contributed by atoms with Crippen LogP contribution in [0.3, 0.4) is 0 Å². The van der Waals surface area contributed by atoms with E-state index >= 15 is 0 Å². The summed E-state index contributed by atoms with van der Waals surface area (Å²) >= 11 is 0. The van der Waals surface area contributed by atoms with Gasteiger partial charge in [-0.1, -0.05) is 18.2 Å². The number of sulfonamides is 1. The molecule has 0 spiro atoms. The number of para-hydroxylation sites is 1. The molecule has 1 amide bonds. The molecule has 0 aliphatic rings. The van der Waals surface area contributed by atoms with Gasteiger partial charge in [0.1, 0.15) is 6.54 Å². The molecule has 2 aromatic rings. The summed E-state index contributed by atoms with van der Waals surface area (Å²) in [5, 5.41) is 2.62. The Morgan fingerprint density at radius 2 is 1.58 bits per heavy atom. The van der Waals surface area contributed by atoms with E-state index in [9.17, 15) is 18.0 Å². The molecule has 7 heteroatoms. The molecule has 0 saturated heterocycles. The van der Waals surface area contributed by atoms with Gasteiger partial charge in [0.05, 0.1) is 11.9 Å². The molecule has 24 heavy (non-hydrogen) atoms. The van der Waals surface area contributed by atoms with Gasteiger partial charge in [-0.15, -0.1) is 0 Å². The van der Waals surface area contributed by atoms with Crippen molar-refractivity contribution in [1.29, 1.82) is 0 Å². The maximum Gasteiger partial charge on any atom is 0.245 e. The highest BCUT2D eigenvalue weighted by molar-refractivity contribution is 7.92. The largest absolute Gasteiger partial charge is 0.325 e. The molecule has 0 unspecified atom stereocenters. The van der Waals surface area contributed by atoms with E-state index in [4.69, 9.17) is 0 Å². The van der Waals surface area contributed by atoms with Gasteiger partial charge in [0, 0.05) is 11.3 Å². The minimum absolute atomic E-state index is 0.0693. The molecule has 0 fully saturated rings. The topological polar surface area (TPSA) is 83.6 Å². The Balaban J connectivity index is 2.12. The SMILES string of the molecule is CC(=O)c1ccc(NC(=O)CN(c2ccccc2)S(C)(=O)=O)cc1. The Kier molecular flexibility index (Phi) is 5.35. The predicted molar refractivity (Wildman–Crippen MR) is 93.7 cm³/mol. The number of nitrogens with zero attached hydrogens (tertiary/aromatic N) is 1. The van der Waals surface area contributed by atoms with E-state index in [0.29, 0.717) is 16.9 Å². The highest BCUT2D eigenvalue weighted by atomic mass is 32.2. The Hall–Kier alpha value is -2.67. The van der Waals surface area contributed by atoms with Crippen molar-refractivity contribution in [3.05, 3.63) is 60.2 Å². The zero-order valence-corrected chi connectivity index (χ0v) is 14.2. The third-order valence-corrected chi connectivity index (χ3v) is 4.45. The minimum atomic E-state index is -3.60. The lowest BCUT2D eigenvalue weighted by molar-refractivity contribution is -0.114. The summed E-state index contributed by atoms with van der Waals surface area (Å²) in [7, 11) is -3.60. The van der Waals surface area contributed by atoms with Gasteiger partial charge in [0.15, 0.2) is 5.78 Å². The highest BCUT2D eigenvalue weighted by Crippen LogP contribution is 2.17. The smallest absolute Gasteiger partial charge is 0.245 e. The van der Waals surface area contributed by atoms with Crippen LogP contribution in [0.5, 0.6) is 0 Å². The van der Waals surface area contributed by atoms with Crippen molar-refractivity contribution in [2.45, 2.75) is 6.92 Å². The van der Waals surface area contributed by atoms with E-state index in [1.54, 1.807) is 54.6 Å². The Morgan fingerprint density at radius 3 is 2.08 bits per heavy atom. The van der Waals surface area contributed by atoms with E-state index < -0.39 is 15.9 Å². The number of carbonyl (C=O) groups is 2. The van der Waals surface area contributed by atoms with E-state index in [0.717, 1.165) is 10.6 Å².